The van der Waals surface area contributed by atoms with Gasteiger partial charge in [-0.3, -0.25) is 0 Å². The van der Waals surface area contributed by atoms with Crippen molar-refractivity contribution in [1.82, 2.24) is 0 Å². The van der Waals surface area contributed by atoms with Gasteiger partial charge in [0.2, 0.25) is 0 Å². The first-order valence-electron chi connectivity index (χ1n) is 7.25. The van der Waals surface area contributed by atoms with Crippen LogP contribution in [0.3, 0.4) is 0 Å². The molecule has 126 valence electrons. The fourth-order valence-corrected chi connectivity index (χ4v) is 3.31. The van der Waals surface area contributed by atoms with E-state index in [1.54, 1.807) is 26.0 Å². The van der Waals surface area contributed by atoms with Crippen molar-refractivity contribution >= 4 is 23.1 Å². The Labute approximate surface area is 166 Å². The van der Waals surface area contributed by atoms with Gasteiger partial charge in [0, 0.05) is 11.9 Å². The summed E-state index contributed by atoms with van der Waals surface area (Å²) in [4.78, 5) is 0. The summed E-state index contributed by atoms with van der Waals surface area (Å²) < 4.78 is 35.9. The zero-order chi connectivity index (χ0) is 15.5. The van der Waals surface area contributed by atoms with E-state index in [-0.39, 0.29) is 51.8 Å². The van der Waals surface area contributed by atoms with Crippen molar-refractivity contribution in [2.75, 3.05) is 0 Å². The van der Waals surface area contributed by atoms with Gasteiger partial charge in [0.15, 0.2) is 12.1 Å². The number of rotatable bonds is 1. The fourth-order valence-electron chi connectivity index (χ4n) is 3.31. The van der Waals surface area contributed by atoms with Gasteiger partial charge in [0.1, 0.15) is 11.9 Å². The van der Waals surface area contributed by atoms with Crippen LogP contribution in [-0.4, -0.2) is 53.4 Å². The minimum absolute atomic E-state index is 0. The van der Waals surface area contributed by atoms with Crippen LogP contribution in [0, 0.1) is 5.82 Å². The van der Waals surface area contributed by atoms with Gasteiger partial charge in [0.05, 0.1) is 12.2 Å². The first-order chi connectivity index (χ1) is 10.4. The maximum Gasteiger partial charge on any atom is 2.00 e. The largest absolute Gasteiger partial charge is 2.00 e. The number of halogens is 2. The van der Waals surface area contributed by atoms with E-state index in [0.29, 0.717) is 0 Å². The maximum atomic E-state index is 13.1. The molecule has 0 spiro atoms. The molecule has 3 aliphatic rings. The fraction of sp³-hybridized carbons (Fsp3) is 0.500. The van der Waals surface area contributed by atoms with Crippen molar-refractivity contribution in [1.29, 1.82) is 0 Å². The molecule has 5 atom stereocenters. The minimum Gasteiger partial charge on any atom is -1.00 e. The Hall–Kier alpha value is -0.384. The molecule has 0 amide bonds. The van der Waals surface area contributed by atoms with Gasteiger partial charge in [-0.2, -0.15) is 0 Å². The summed E-state index contributed by atoms with van der Waals surface area (Å²) >= 11 is 0. The number of hydrogen-bond acceptors (Lipinski definition) is 5. The Balaban J connectivity index is 0.00000104. The molecule has 0 radical (unpaired) electrons. The van der Waals surface area contributed by atoms with Crippen LogP contribution < -0.4 is 22.1 Å². The Kier molecular flexibility index (Phi) is 5.89. The zero-order valence-corrected chi connectivity index (χ0v) is 16.3. The van der Waals surface area contributed by atoms with Gasteiger partial charge >= 0.3 is 23.1 Å². The van der Waals surface area contributed by atoms with Crippen molar-refractivity contribution in [3.63, 3.8) is 0 Å². The Bertz CT molecular complexity index is 623. The van der Waals surface area contributed by atoms with Crippen molar-refractivity contribution in [3.8, 4) is 0 Å². The second kappa shape index (κ2) is 7.09. The number of hydrogen-bond donors (Lipinski definition) is 0. The first-order valence-corrected chi connectivity index (χ1v) is 7.25. The van der Waals surface area contributed by atoms with Crippen molar-refractivity contribution in [2.24, 2.45) is 0 Å². The maximum absolute atomic E-state index is 13.1. The van der Waals surface area contributed by atoms with Crippen LogP contribution in [0.4, 0.5) is 4.39 Å². The van der Waals surface area contributed by atoms with Crippen LogP contribution in [-0.2, 0) is 18.9 Å². The predicted molar refractivity (Wildman–Crippen MR) is 76.5 cm³/mol. The molecule has 1 aromatic carbocycles. The molecule has 0 N–H and O–H groups in total. The van der Waals surface area contributed by atoms with Crippen LogP contribution in [0.25, 0.3) is 0 Å². The van der Waals surface area contributed by atoms with Gasteiger partial charge in [-0.25, -0.2) is 4.39 Å². The summed E-state index contributed by atoms with van der Waals surface area (Å²) in [6.45, 7) is 3.58. The Morgan fingerprint density at radius 2 is 1.71 bits per heavy atom. The standard InChI is InChI=1S/C16H17FO5.BrH.Mg/c1-16(2)21-14-13-12(20-15(14)22-16)10(7-11(18)19-13)8-3-5-9(17)6-4-8;;/h3-7,10,12-15,18H,1-2H3;1H;/q;;+2/p-2/t10-,12-,13+,14-,15-;;/m1../s1. The normalized spacial score (nSPS) is 35.6. The molecular formula is C16H16BrFMgO5. The van der Waals surface area contributed by atoms with Crippen LogP contribution >= 0.6 is 0 Å². The SMILES string of the molecule is CC1(C)O[C@H]2O[C@H]3[C@H](OC([O-])=C[C@@H]3c3ccc(F)cc3)[C@H]2O1.[Br-].[Mg+2]. The molecule has 0 aromatic heterocycles. The molecular weight excluding hydrogens is 395 g/mol. The van der Waals surface area contributed by atoms with E-state index in [4.69, 9.17) is 18.9 Å². The third-order valence-corrected chi connectivity index (χ3v) is 4.20. The van der Waals surface area contributed by atoms with Crippen LogP contribution in [0.15, 0.2) is 36.3 Å². The molecule has 2 fully saturated rings. The van der Waals surface area contributed by atoms with E-state index >= 15 is 0 Å². The van der Waals surface area contributed by atoms with Gasteiger partial charge in [0.25, 0.3) is 0 Å². The van der Waals surface area contributed by atoms with Crippen molar-refractivity contribution in [2.45, 2.75) is 50.2 Å². The van der Waals surface area contributed by atoms with Gasteiger partial charge in [-0.1, -0.05) is 18.2 Å². The van der Waals surface area contributed by atoms with E-state index in [9.17, 15) is 9.50 Å². The molecule has 0 unspecified atom stereocenters. The third kappa shape index (κ3) is 3.45. The number of benzene rings is 1. The van der Waals surface area contributed by atoms with Gasteiger partial charge in [-0.05, 0) is 31.5 Å². The molecule has 0 bridgehead atoms. The molecule has 8 heteroatoms. The summed E-state index contributed by atoms with van der Waals surface area (Å²) in [7, 11) is 0. The quantitative estimate of drug-likeness (QED) is 0.501. The van der Waals surface area contributed by atoms with Crippen molar-refractivity contribution < 1.29 is 45.4 Å². The second-order valence-electron chi connectivity index (χ2n) is 6.21. The monoisotopic (exact) mass is 410 g/mol. The van der Waals surface area contributed by atoms with Gasteiger partial charge in [-0.15, -0.1) is 0 Å². The molecule has 5 nitrogen and oxygen atoms in total. The van der Waals surface area contributed by atoms with Crippen molar-refractivity contribution in [3.05, 3.63) is 47.7 Å². The third-order valence-electron chi connectivity index (χ3n) is 4.20. The van der Waals surface area contributed by atoms with E-state index in [1.165, 1.54) is 18.2 Å². The van der Waals surface area contributed by atoms with Gasteiger partial charge < -0.3 is 41.0 Å². The summed E-state index contributed by atoms with van der Waals surface area (Å²) in [5, 5.41) is 11.9. The van der Waals surface area contributed by atoms with Crippen LogP contribution in [0.5, 0.6) is 0 Å². The van der Waals surface area contributed by atoms with E-state index in [0.717, 1.165) is 5.56 Å². The average Bonchev–Trinajstić information content (AvgIpc) is 2.91. The van der Waals surface area contributed by atoms with E-state index in [1.807, 2.05) is 0 Å². The smallest absolute Gasteiger partial charge is 1.00 e. The summed E-state index contributed by atoms with van der Waals surface area (Å²) in [5.74, 6) is -1.82. The molecule has 1 aromatic rings. The molecule has 0 aliphatic carbocycles. The number of fused-ring (bicyclic) bond motifs is 3. The first kappa shape index (κ1) is 19.9. The van der Waals surface area contributed by atoms with E-state index < -0.39 is 36.3 Å². The average molecular weight is 412 g/mol. The second-order valence-corrected chi connectivity index (χ2v) is 6.21. The zero-order valence-electron chi connectivity index (χ0n) is 13.3. The Morgan fingerprint density at radius 3 is 2.38 bits per heavy atom. The summed E-state index contributed by atoms with van der Waals surface area (Å²) in [6.07, 6.45) is -0.470. The molecule has 4 rings (SSSR count). The van der Waals surface area contributed by atoms with E-state index in [2.05, 4.69) is 0 Å². The number of ether oxygens (including phenoxy) is 4. The molecule has 0 saturated carbocycles. The van der Waals surface area contributed by atoms with Crippen LogP contribution in [0.1, 0.15) is 25.3 Å². The minimum atomic E-state index is -0.765. The summed E-state index contributed by atoms with van der Waals surface area (Å²) in [5.41, 5.74) is 0.798. The molecule has 24 heavy (non-hydrogen) atoms. The summed E-state index contributed by atoms with van der Waals surface area (Å²) in [6, 6.07) is 6.03. The topological polar surface area (TPSA) is 60.0 Å². The molecule has 3 aliphatic heterocycles. The molecule has 2 saturated heterocycles. The Morgan fingerprint density at radius 1 is 1.04 bits per heavy atom. The van der Waals surface area contributed by atoms with Crippen LogP contribution in [0.2, 0.25) is 0 Å². The molecule has 3 heterocycles. The predicted octanol–water partition coefficient (Wildman–Crippen LogP) is -1.99.